The van der Waals surface area contributed by atoms with Crippen LogP contribution in [0.3, 0.4) is 0 Å². The molecule has 0 fully saturated rings. The van der Waals surface area contributed by atoms with E-state index in [0.29, 0.717) is 6.54 Å². The lowest BCUT2D eigenvalue weighted by molar-refractivity contribution is 0.161. The highest BCUT2D eigenvalue weighted by Gasteiger charge is 2.33. The van der Waals surface area contributed by atoms with Crippen molar-refractivity contribution < 1.29 is 14.3 Å². The summed E-state index contributed by atoms with van der Waals surface area (Å²) in [6.45, 7) is 6.62. The van der Waals surface area contributed by atoms with E-state index >= 15 is 0 Å². The highest BCUT2D eigenvalue weighted by Crippen LogP contribution is 2.44. The number of rotatable bonds is 9. The first kappa shape index (κ1) is 27.5. The number of aromatic nitrogens is 1. The van der Waals surface area contributed by atoms with Gasteiger partial charge in [0.2, 0.25) is 0 Å². The van der Waals surface area contributed by atoms with Gasteiger partial charge in [0, 0.05) is 42.7 Å². The number of carbonyl (C=O) groups is 1. The smallest absolute Gasteiger partial charge is 0.319 e. The van der Waals surface area contributed by atoms with Gasteiger partial charge < -0.3 is 20.1 Å². The fourth-order valence-electron chi connectivity index (χ4n) is 5.87. The standard InChI is InChI=1S/C33H38N4O3/c1-22-19-29(26-13-8-9-14-28(26)35-22)36-33(38)34-16-10-17-37-18-15-25-20-30(39-3)31(40-4)21-27(25)32(37)23(2)24-11-6-5-7-12-24/h5-9,11-14,19-21,23,32H,10,15-18H2,1-4H3,(H2,34,35,36,38). The number of benzene rings is 3. The molecule has 2 atom stereocenters. The lowest BCUT2D eigenvalue weighted by atomic mass is 9.81. The number of urea groups is 1. The monoisotopic (exact) mass is 538 g/mol. The molecule has 2 unspecified atom stereocenters. The van der Waals surface area contributed by atoms with E-state index in [1.165, 1.54) is 16.7 Å². The van der Waals surface area contributed by atoms with Crippen molar-refractivity contribution in [3.05, 3.63) is 95.2 Å². The van der Waals surface area contributed by atoms with E-state index in [9.17, 15) is 4.79 Å². The lowest BCUT2D eigenvalue weighted by Gasteiger charge is -2.41. The fraction of sp³-hybridized carbons (Fsp3) is 0.333. The van der Waals surface area contributed by atoms with Gasteiger partial charge in [0.05, 0.1) is 25.4 Å². The average molecular weight is 539 g/mol. The third-order valence-electron chi connectivity index (χ3n) is 7.82. The number of anilines is 1. The molecule has 208 valence electrons. The van der Waals surface area contributed by atoms with Crippen LogP contribution in [0.15, 0.2) is 72.8 Å². The Morgan fingerprint density at radius 1 is 1.02 bits per heavy atom. The predicted octanol–water partition coefficient (Wildman–Crippen LogP) is 6.48. The van der Waals surface area contributed by atoms with Crippen LogP contribution in [0, 0.1) is 6.92 Å². The minimum atomic E-state index is -0.203. The van der Waals surface area contributed by atoms with E-state index in [4.69, 9.17) is 9.47 Å². The van der Waals surface area contributed by atoms with Crippen LogP contribution in [-0.4, -0.2) is 49.8 Å². The van der Waals surface area contributed by atoms with Crippen LogP contribution in [0.25, 0.3) is 10.9 Å². The zero-order chi connectivity index (χ0) is 28.1. The van der Waals surface area contributed by atoms with Crippen molar-refractivity contribution in [1.29, 1.82) is 0 Å². The number of hydrogen-bond donors (Lipinski definition) is 2. The van der Waals surface area contributed by atoms with Crippen molar-refractivity contribution in [2.75, 3.05) is 39.2 Å². The molecule has 40 heavy (non-hydrogen) atoms. The normalized spacial score (nSPS) is 15.8. The molecule has 0 aliphatic carbocycles. The van der Waals surface area contributed by atoms with Crippen molar-refractivity contribution in [1.82, 2.24) is 15.2 Å². The summed E-state index contributed by atoms with van der Waals surface area (Å²) in [5.74, 6) is 1.80. The molecule has 1 aliphatic rings. The van der Waals surface area contributed by atoms with Gasteiger partial charge >= 0.3 is 6.03 Å². The Morgan fingerprint density at radius 3 is 2.52 bits per heavy atom. The number of pyridine rings is 1. The Balaban J connectivity index is 1.28. The van der Waals surface area contributed by atoms with Crippen molar-refractivity contribution in [3.8, 4) is 11.5 Å². The van der Waals surface area contributed by atoms with Crippen LogP contribution in [0.2, 0.25) is 0 Å². The summed E-state index contributed by atoms with van der Waals surface area (Å²) in [4.78, 5) is 19.9. The largest absolute Gasteiger partial charge is 0.493 e. The summed E-state index contributed by atoms with van der Waals surface area (Å²) in [5.41, 5.74) is 6.40. The Bertz CT molecular complexity index is 1470. The van der Waals surface area contributed by atoms with Gasteiger partial charge in [0.25, 0.3) is 0 Å². The maximum atomic E-state index is 12.8. The second-order valence-corrected chi connectivity index (χ2v) is 10.4. The molecule has 0 saturated heterocycles. The molecule has 2 N–H and O–H groups in total. The molecule has 7 nitrogen and oxygen atoms in total. The predicted molar refractivity (Wildman–Crippen MR) is 161 cm³/mol. The van der Waals surface area contributed by atoms with Crippen LogP contribution in [0.4, 0.5) is 10.5 Å². The lowest BCUT2D eigenvalue weighted by Crippen LogP contribution is -2.40. The molecule has 7 heteroatoms. The minimum Gasteiger partial charge on any atom is -0.493 e. The number of hydrogen-bond acceptors (Lipinski definition) is 5. The summed E-state index contributed by atoms with van der Waals surface area (Å²) in [5, 5.41) is 7.00. The quantitative estimate of drug-likeness (QED) is 0.239. The first-order chi connectivity index (χ1) is 19.5. The van der Waals surface area contributed by atoms with Crippen LogP contribution in [0.1, 0.15) is 47.7 Å². The third-order valence-corrected chi connectivity index (χ3v) is 7.82. The molecule has 0 spiro atoms. The molecule has 3 aromatic carbocycles. The van der Waals surface area contributed by atoms with Crippen molar-refractivity contribution in [2.24, 2.45) is 0 Å². The average Bonchev–Trinajstić information content (AvgIpc) is 2.98. The number of para-hydroxylation sites is 1. The van der Waals surface area contributed by atoms with E-state index in [-0.39, 0.29) is 18.0 Å². The molecular formula is C33H38N4O3. The van der Waals surface area contributed by atoms with Gasteiger partial charge in [-0.15, -0.1) is 0 Å². The summed E-state index contributed by atoms with van der Waals surface area (Å²) in [7, 11) is 3.37. The first-order valence-electron chi connectivity index (χ1n) is 13.9. The molecule has 0 radical (unpaired) electrons. The Hall–Kier alpha value is -4.10. The number of aryl methyl sites for hydroxylation is 1. The summed E-state index contributed by atoms with van der Waals surface area (Å²) in [6.07, 6.45) is 1.78. The van der Waals surface area contributed by atoms with Crippen molar-refractivity contribution in [3.63, 3.8) is 0 Å². The number of methoxy groups -OCH3 is 2. The Morgan fingerprint density at radius 2 is 1.75 bits per heavy atom. The number of nitrogens with zero attached hydrogens (tertiary/aromatic N) is 2. The van der Waals surface area contributed by atoms with Crippen LogP contribution in [-0.2, 0) is 6.42 Å². The topological polar surface area (TPSA) is 75.7 Å². The number of carbonyl (C=O) groups excluding carboxylic acids is 1. The highest BCUT2D eigenvalue weighted by atomic mass is 16.5. The molecule has 4 aromatic rings. The van der Waals surface area contributed by atoms with Gasteiger partial charge in [-0.05, 0) is 60.7 Å². The van der Waals surface area contributed by atoms with Gasteiger partial charge in [-0.1, -0.05) is 55.5 Å². The highest BCUT2D eigenvalue weighted by molar-refractivity contribution is 6.00. The van der Waals surface area contributed by atoms with Gasteiger partial charge in [-0.2, -0.15) is 0 Å². The Kier molecular flexibility index (Phi) is 8.51. The first-order valence-corrected chi connectivity index (χ1v) is 13.9. The third kappa shape index (κ3) is 5.89. The van der Waals surface area contributed by atoms with Crippen LogP contribution < -0.4 is 20.1 Å². The fourth-order valence-corrected chi connectivity index (χ4v) is 5.87. The molecule has 5 rings (SSSR count). The van der Waals surface area contributed by atoms with Crippen molar-refractivity contribution in [2.45, 2.75) is 38.6 Å². The Labute approximate surface area is 236 Å². The number of amides is 2. The molecular weight excluding hydrogens is 500 g/mol. The minimum absolute atomic E-state index is 0.186. The maximum absolute atomic E-state index is 12.8. The summed E-state index contributed by atoms with van der Waals surface area (Å²) < 4.78 is 11.3. The van der Waals surface area contributed by atoms with Gasteiger partial charge in [-0.25, -0.2) is 4.79 Å². The number of nitrogens with one attached hydrogen (secondary N) is 2. The van der Waals surface area contributed by atoms with E-state index < -0.39 is 0 Å². The summed E-state index contributed by atoms with van der Waals surface area (Å²) in [6, 6.07) is 24.7. The van der Waals surface area contributed by atoms with E-state index in [0.717, 1.165) is 59.7 Å². The molecule has 1 aromatic heterocycles. The van der Waals surface area contributed by atoms with E-state index in [1.54, 1.807) is 14.2 Å². The van der Waals surface area contributed by atoms with Gasteiger partial charge in [0.15, 0.2) is 11.5 Å². The second kappa shape index (κ2) is 12.4. The maximum Gasteiger partial charge on any atom is 0.319 e. The molecule has 0 bridgehead atoms. The number of fused-ring (bicyclic) bond motifs is 2. The van der Waals surface area contributed by atoms with Crippen LogP contribution in [0.5, 0.6) is 11.5 Å². The van der Waals surface area contributed by atoms with Crippen molar-refractivity contribution >= 4 is 22.6 Å². The zero-order valence-electron chi connectivity index (χ0n) is 23.7. The van der Waals surface area contributed by atoms with Crippen LogP contribution >= 0.6 is 0 Å². The molecule has 0 saturated carbocycles. The molecule has 1 aliphatic heterocycles. The SMILES string of the molecule is COc1cc2c(cc1OC)C(C(C)c1ccccc1)N(CCCNC(=O)Nc1cc(C)nc3ccccc13)CC2. The molecule has 2 amide bonds. The van der Waals surface area contributed by atoms with Gasteiger partial charge in [-0.3, -0.25) is 9.88 Å². The van der Waals surface area contributed by atoms with Gasteiger partial charge in [0.1, 0.15) is 0 Å². The van der Waals surface area contributed by atoms with E-state index in [2.05, 4.69) is 69.9 Å². The molecule has 2 heterocycles. The zero-order valence-corrected chi connectivity index (χ0v) is 23.7. The summed E-state index contributed by atoms with van der Waals surface area (Å²) >= 11 is 0. The second-order valence-electron chi connectivity index (χ2n) is 10.4. The van der Waals surface area contributed by atoms with E-state index in [1.807, 2.05) is 37.3 Å². The number of ether oxygens (including phenoxy) is 2.